The quantitative estimate of drug-likeness (QED) is 0.169. The van der Waals surface area contributed by atoms with Gasteiger partial charge in [0, 0.05) is 52.2 Å². The van der Waals surface area contributed by atoms with E-state index in [0.717, 1.165) is 51.4 Å². The number of aromatic nitrogens is 2. The van der Waals surface area contributed by atoms with Crippen molar-refractivity contribution in [3.8, 4) is 0 Å². The predicted octanol–water partition coefficient (Wildman–Crippen LogP) is 10.9. The molecule has 0 aliphatic rings. The molecule has 0 aliphatic carbocycles. The van der Waals surface area contributed by atoms with E-state index in [1.54, 1.807) is 0 Å². The molecular formula is C40H31N5. The molecule has 0 N–H and O–H groups in total. The fourth-order valence-corrected chi connectivity index (χ4v) is 5.52. The van der Waals surface area contributed by atoms with Crippen molar-refractivity contribution in [1.82, 2.24) is 9.97 Å². The van der Waals surface area contributed by atoms with Gasteiger partial charge in [-0.05, 0) is 97.1 Å². The minimum absolute atomic E-state index is 0.850. The minimum Gasteiger partial charge on any atom is -0.310 e. The molecule has 0 amide bonds. The maximum Gasteiger partial charge on any atom is 0.137 e. The van der Waals surface area contributed by atoms with Gasteiger partial charge in [0.15, 0.2) is 0 Å². The van der Waals surface area contributed by atoms with Crippen molar-refractivity contribution in [1.29, 1.82) is 0 Å². The first-order valence-corrected chi connectivity index (χ1v) is 14.9. The Kier molecular flexibility index (Phi) is 7.97. The minimum atomic E-state index is 0.850. The molecule has 5 heteroatoms. The third kappa shape index (κ3) is 6.01. The Bertz CT molecular complexity index is 1750. The van der Waals surface area contributed by atoms with Crippen LogP contribution in [0.5, 0.6) is 0 Å². The van der Waals surface area contributed by atoms with Crippen molar-refractivity contribution in [2.75, 3.05) is 14.7 Å². The second-order valence-corrected chi connectivity index (χ2v) is 10.4. The van der Waals surface area contributed by atoms with Crippen LogP contribution >= 0.6 is 0 Å². The number of hydrogen-bond donors (Lipinski definition) is 0. The highest BCUT2D eigenvalue weighted by Gasteiger charge is 2.19. The Hall–Kier alpha value is -6.20. The van der Waals surface area contributed by atoms with Crippen LogP contribution < -0.4 is 14.7 Å². The van der Waals surface area contributed by atoms with Crippen molar-refractivity contribution in [2.45, 2.75) is 0 Å². The summed E-state index contributed by atoms with van der Waals surface area (Å²) in [5, 5.41) is 0. The highest BCUT2D eigenvalue weighted by atomic mass is 15.2. The van der Waals surface area contributed by atoms with E-state index in [9.17, 15) is 0 Å². The molecule has 7 aromatic rings. The average molecular weight is 582 g/mol. The molecule has 0 spiro atoms. The van der Waals surface area contributed by atoms with Crippen molar-refractivity contribution in [3.05, 3.63) is 188 Å². The Morgan fingerprint density at radius 2 is 0.578 bits per heavy atom. The summed E-state index contributed by atoms with van der Waals surface area (Å²) in [7, 11) is 0. The molecule has 0 bridgehead atoms. The molecule has 5 nitrogen and oxygen atoms in total. The van der Waals surface area contributed by atoms with Gasteiger partial charge in [-0.25, -0.2) is 9.97 Å². The average Bonchev–Trinajstić information content (AvgIpc) is 3.12. The van der Waals surface area contributed by atoms with Gasteiger partial charge in [-0.2, -0.15) is 0 Å². The fourth-order valence-electron chi connectivity index (χ4n) is 5.52. The number of benzene rings is 5. The monoisotopic (exact) mass is 581 g/mol. The van der Waals surface area contributed by atoms with Crippen LogP contribution in [0, 0.1) is 0 Å². The molecule has 2 heterocycles. The number of nitrogens with zero attached hydrogens (tertiary/aromatic N) is 5. The molecule has 0 fully saturated rings. The third-order valence-electron chi connectivity index (χ3n) is 7.49. The summed E-state index contributed by atoms with van der Waals surface area (Å²) in [6.07, 6.45) is 3.66. The van der Waals surface area contributed by atoms with Gasteiger partial charge >= 0.3 is 0 Å². The van der Waals surface area contributed by atoms with Gasteiger partial charge in [-0.1, -0.05) is 78.9 Å². The zero-order valence-corrected chi connectivity index (χ0v) is 24.6. The summed E-state index contributed by atoms with van der Waals surface area (Å²) < 4.78 is 0. The molecule has 216 valence electrons. The largest absolute Gasteiger partial charge is 0.310 e. The molecule has 2 aromatic heterocycles. The lowest BCUT2D eigenvalue weighted by Gasteiger charge is -2.30. The highest BCUT2D eigenvalue weighted by Crippen LogP contribution is 2.42. The van der Waals surface area contributed by atoms with E-state index in [1.807, 2.05) is 67.0 Å². The number of rotatable bonds is 9. The smallest absolute Gasteiger partial charge is 0.137 e. The van der Waals surface area contributed by atoms with Crippen LogP contribution in [0.4, 0.5) is 51.4 Å². The van der Waals surface area contributed by atoms with Gasteiger partial charge in [-0.15, -0.1) is 0 Å². The lowest BCUT2D eigenvalue weighted by molar-refractivity contribution is 1.17. The Morgan fingerprint density at radius 1 is 0.267 bits per heavy atom. The van der Waals surface area contributed by atoms with Crippen LogP contribution in [0.3, 0.4) is 0 Å². The lowest BCUT2D eigenvalue weighted by Crippen LogP contribution is -2.15. The molecule has 7 rings (SSSR count). The highest BCUT2D eigenvalue weighted by molar-refractivity contribution is 5.84. The molecule has 0 aliphatic heterocycles. The van der Waals surface area contributed by atoms with E-state index in [2.05, 4.69) is 136 Å². The normalized spacial score (nSPS) is 10.7. The van der Waals surface area contributed by atoms with Gasteiger partial charge in [-0.3, -0.25) is 9.80 Å². The summed E-state index contributed by atoms with van der Waals surface area (Å²) in [6.45, 7) is 0. The van der Waals surface area contributed by atoms with Crippen molar-refractivity contribution in [3.63, 3.8) is 0 Å². The van der Waals surface area contributed by atoms with E-state index in [4.69, 9.17) is 9.97 Å². The topological polar surface area (TPSA) is 35.5 Å². The summed E-state index contributed by atoms with van der Waals surface area (Å²) in [5.74, 6) is 1.70. The third-order valence-corrected chi connectivity index (χ3v) is 7.49. The number of para-hydroxylation sites is 3. The van der Waals surface area contributed by atoms with E-state index >= 15 is 0 Å². The Morgan fingerprint density at radius 3 is 0.933 bits per heavy atom. The van der Waals surface area contributed by atoms with E-state index in [1.165, 1.54) is 0 Å². The standard InChI is InChI=1S/C40H31N5/c1-4-16-32(17-5-1)43(35-22-14-24-37(30-35)44(33-18-6-2-7-19-33)39-26-10-12-28-41-39)36-23-15-25-38(31-36)45(34-20-8-3-9-21-34)40-27-11-13-29-42-40/h1-31H. The lowest BCUT2D eigenvalue weighted by atomic mass is 10.1. The summed E-state index contributed by atoms with van der Waals surface area (Å²) in [4.78, 5) is 16.1. The molecule has 0 atom stereocenters. The Balaban J connectivity index is 1.36. The number of pyridine rings is 2. The fraction of sp³-hybridized carbons (Fsp3) is 0. The van der Waals surface area contributed by atoms with Crippen LogP contribution in [0.1, 0.15) is 0 Å². The van der Waals surface area contributed by atoms with Gasteiger partial charge in [0.2, 0.25) is 0 Å². The maximum absolute atomic E-state index is 4.71. The number of anilines is 9. The van der Waals surface area contributed by atoms with Crippen LogP contribution in [0.25, 0.3) is 0 Å². The Labute approximate surface area is 263 Å². The van der Waals surface area contributed by atoms with Gasteiger partial charge in [0.25, 0.3) is 0 Å². The molecule has 5 aromatic carbocycles. The maximum atomic E-state index is 4.71. The summed E-state index contributed by atoms with van der Waals surface area (Å²) in [5.41, 5.74) is 7.20. The van der Waals surface area contributed by atoms with Gasteiger partial charge in [0.05, 0.1) is 0 Å². The van der Waals surface area contributed by atoms with Crippen molar-refractivity contribution < 1.29 is 0 Å². The summed E-state index contributed by atoms with van der Waals surface area (Å²) in [6, 6.07) is 60.4. The van der Waals surface area contributed by atoms with Crippen molar-refractivity contribution in [2.24, 2.45) is 0 Å². The molecule has 0 saturated carbocycles. The zero-order valence-electron chi connectivity index (χ0n) is 24.6. The second-order valence-electron chi connectivity index (χ2n) is 10.4. The van der Waals surface area contributed by atoms with Crippen molar-refractivity contribution >= 4 is 51.4 Å². The second kappa shape index (κ2) is 13.0. The van der Waals surface area contributed by atoms with E-state index in [-0.39, 0.29) is 0 Å². The van der Waals surface area contributed by atoms with E-state index < -0.39 is 0 Å². The molecule has 0 saturated heterocycles. The van der Waals surface area contributed by atoms with Crippen LogP contribution in [-0.2, 0) is 0 Å². The molecule has 0 unspecified atom stereocenters. The predicted molar refractivity (Wildman–Crippen MR) is 186 cm³/mol. The first-order chi connectivity index (χ1) is 22.3. The first kappa shape index (κ1) is 27.6. The van der Waals surface area contributed by atoms with Crippen LogP contribution in [0.2, 0.25) is 0 Å². The zero-order chi connectivity index (χ0) is 30.3. The van der Waals surface area contributed by atoms with E-state index in [0.29, 0.717) is 0 Å². The van der Waals surface area contributed by atoms with Gasteiger partial charge in [0.1, 0.15) is 11.6 Å². The SMILES string of the molecule is c1ccc(N(c2cccc(N(c3ccccc3)c3ccccn3)c2)c2cccc(N(c3ccccc3)c3ccccn3)c2)cc1. The van der Waals surface area contributed by atoms with Crippen LogP contribution in [0.15, 0.2) is 188 Å². The first-order valence-electron chi connectivity index (χ1n) is 14.9. The van der Waals surface area contributed by atoms with Gasteiger partial charge < -0.3 is 4.90 Å². The molecule has 0 radical (unpaired) electrons. The summed E-state index contributed by atoms with van der Waals surface area (Å²) >= 11 is 0. The molecular weight excluding hydrogens is 550 g/mol. The number of hydrogen-bond acceptors (Lipinski definition) is 5. The molecule has 45 heavy (non-hydrogen) atoms. The van der Waals surface area contributed by atoms with Crippen LogP contribution in [-0.4, -0.2) is 9.97 Å².